The first-order valence-electron chi connectivity index (χ1n) is 11.2. The van der Waals surface area contributed by atoms with Crippen LogP contribution >= 0.6 is 0 Å². The van der Waals surface area contributed by atoms with E-state index in [-0.39, 0.29) is 54.0 Å². The highest BCUT2D eigenvalue weighted by Gasteiger charge is 2.60. The average molecular weight is 436 g/mol. The number of hydrogen-bond donors (Lipinski definition) is 1. The van der Waals surface area contributed by atoms with Crippen LogP contribution in [0, 0.1) is 28.6 Å². The summed E-state index contributed by atoms with van der Waals surface area (Å²) in [6, 6.07) is 0. The van der Waals surface area contributed by atoms with E-state index in [0.29, 0.717) is 19.3 Å². The summed E-state index contributed by atoms with van der Waals surface area (Å²) >= 11 is 0. The number of hydrogen-bond acceptors (Lipinski definition) is 5. The molecule has 4 rings (SSSR count). The summed E-state index contributed by atoms with van der Waals surface area (Å²) in [5.74, 6) is -2.84. The minimum atomic E-state index is -1.50. The summed E-state index contributed by atoms with van der Waals surface area (Å²) in [6.07, 6.45) is 1.91. The molecule has 1 N–H and O–H groups in total. The average Bonchev–Trinajstić information content (AvgIpc) is 3.06. The number of rotatable bonds is 4. The molecule has 0 aliphatic heterocycles. The maximum atomic E-state index is 15.3. The van der Waals surface area contributed by atoms with Gasteiger partial charge in [0.05, 0.1) is 0 Å². The summed E-state index contributed by atoms with van der Waals surface area (Å²) in [5, 5.41) is 9.26. The first kappa shape index (κ1) is 22.3. The highest BCUT2D eigenvalue weighted by Crippen LogP contribution is 2.65. The number of carbonyl (C=O) groups is 3. The molecule has 170 valence electrons. The lowest BCUT2D eigenvalue weighted by Crippen LogP contribution is -2.49. The third-order valence-electron chi connectivity index (χ3n) is 8.48. The first-order valence-corrected chi connectivity index (χ1v) is 11.2. The van der Waals surface area contributed by atoms with Gasteiger partial charge in [-0.2, -0.15) is 0 Å². The lowest BCUT2D eigenvalue weighted by Gasteiger charge is -2.54. The number of aliphatic hydroxyl groups is 1. The highest BCUT2D eigenvalue weighted by molar-refractivity contribution is 5.95. The summed E-state index contributed by atoms with van der Waals surface area (Å²) in [5.41, 5.74) is -0.125. The normalized spacial score (nSPS) is 40.5. The van der Waals surface area contributed by atoms with Gasteiger partial charge in [0.15, 0.2) is 17.4 Å². The molecule has 4 aliphatic carbocycles. The van der Waals surface area contributed by atoms with Crippen molar-refractivity contribution in [1.29, 1.82) is 0 Å². The zero-order chi connectivity index (χ0) is 22.7. The minimum absolute atomic E-state index is 0.0190. The molecule has 0 amide bonds. The van der Waals surface area contributed by atoms with Gasteiger partial charge in [0.25, 0.3) is 0 Å². The van der Waals surface area contributed by atoms with Crippen molar-refractivity contribution >= 4 is 17.5 Å². The molecule has 31 heavy (non-hydrogen) atoms. The summed E-state index contributed by atoms with van der Waals surface area (Å²) < 4.78 is 34.8. The second kappa shape index (κ2) is 7.61. The van der Waals surface area contributed by atoms with Crippen molar-refractivity contribution in [3.63, 3.8) is 0 Å². The van der Waals surface area contributed by atoms with E-state index >= 15 is 4.39 Å². The Morgan fingerprint density at radius 1 is 1.32 bits per heavy atom. The predicted molar refractivity (Wildman–Crippen MR) is 108 cm³/mol. The van der Waals surface area contributed by atoms with Crippen LogP contribution in [0.4, 0.5) is 8.78 Å². The smallest absolute Gasteiger partial charge is 0.335 e. The third-order valence-corrected chi connectivity index (χ3v) is 8.48. The van der Waals surface area contributed by atoms with Gasteiger partial charge >= 0.3 is 5.97 Å². The Bertz CT molecular complexity index is 890. The van der Waals surface area contributed by atoms with E-state index in [9.17, 15) is 23.9 Å². The molecule has 7 heteroatoms. The minimum Gasteiger partial charge on any atom is -0.456 e. The number of carbonyl (C=O) groups excluding carboxylic acids is 3. The first-order chi connectivity index (χ1) is 14.5. The molecule has 4 aliphatic rings. The lowest BCUT2D eigenvalue weighted by atomic mass is 9.50. The van der Waals surface area contributed by atoms with Crippen molar-refractivity contribution in [1.82, 2.24) is 0 Å². The van der Waals surface area contributed by atoms with Gasteiger partial charge < -0.3 is 9.84 Å². The summed E-state index contributed by atoms with van der Waals surface area (Å²) in [7, 11) is 0. The van der Waals surface area contributed by atoms with Gasteiger partial charge in [0.2, 0.25) is 0 Å². The molecular formula is C24H30F2O5. The van der Waals surface area contributed by atoms with Crippen molar-refractivity contribution in [2.75, 3.05) is 6.61 Å². The molecule has 7 atom stereocenters. The van der Waals surface area contributed by atoms with E-state index in [2.05, 4.69) is 6.08 Å². The van der Waals surface area contributed by atoms with Crippen LogP contribution in [-0.4, -0.2) is 41.5 Å². The molecule has 0 aromatic rings. The molecule has 0 radical (unpaired) electrons. The van der Waals surface area contributed by atoms with Gasteiger partial charge in [0.1, 0.15) is 18.9 Å². The van der Waals surface area contributed by atoms with E-state index in [1.807, 2.05) is 13.8 Å². The molecule has 2 fully saturated rings. The fourth-order valence-electron chi connectivity index (χ4n) is 6.86. The van der Waals surface area contributed by atoms with Gasteiger partial charge in [-0.05, 0) is 56.3 Å². The number of ketones is 2. The molecule has 0 aromatic heterocycles. The second-order valence-electron chi connectivity index (χ2n) is 10.1. The van der Waals surface area contributed by atoms with Crippen LogP contribution in [0.25, 0.3) is 0 Å². The van der Waals surface area contributed by atoms with Crippen molar-refractivity contribution in [3.05, 3.63) is 23.0 Å². The Morgan fingerprint density at radius 2 is 2.03 bits per heavy atom. The third kappa shape index (κ3) is 3.31. The number of allylic oxidation sites excluding steroid dienone is 4. The predicted octanol–water partition coefficient (Wildman–Crippen LogP) is 3.79. The number of halogens is 2. The van der Waals surface area contributed by atoms with E-state index in [0.717, 1.165) is 12.0 Å². The largest absolute Gasteiger partial charge is 0.456 e. The van der Waals surface area contributed by atoms with Gasteiger partial charge in [-0.15, -0.1) is 0 Å². The number of ether oxygens (including phenoxy) is 1. The van der Waals surface area contributed by atoms with E-state index in [4.69, 9.17) is 4.74 Å². The van der Waals surface area contributed by atoms with Crippen LogP contribution in [0.2, 0.25) is 0 Å². The summed E-state index contributed by atoms with van der Waals surface area (Å²) in [4.78, 5) is 36.3. The maximum absolute atomic E-state index is 15.3. The lowest BCUT2D eigenvalue weighted by molar-refractivity contribution is -0.157. The number of alkyl halides is 1. The van der Waals surface area contributed by atoms with E-state index in [1.165, 1.54) is 6.92 Å². The van der Waals surface area contributed by atoms with Crippen molar-refractivity contribution < 1.29 is 33.0 Å². The van der Waals surface area contributed by atoms with Crippen LogP contribution in [0.15, 0.2) is 23.0 Å². The molecule has 1 unspecified atom stereocenters. The molecule has 0 spiro atoms. The topological polar surface area (TPSA) is 80.7 Å². The van der Waals surface area contributed by atoms with Crippen LogP contribution in [0.5, 0.6) is 0 Å². The Hall–Kier alpha value is -1.89. The quantitative estimate of drug-likeness (QED) is 0.536. The van der Waals surface area contributed by atoms with E-state index in [1.54, 1.807) is 0 Å². The zero-order valence-corrected chi connectivity index (χ0v) is 18.2. The maximum Gasteiger partial charge on any atom is 0.335 e. The standard InChI is InChI=1S/C24H30F2O5/c1-12(27)22(30)31-11-19(29)16-5-4-14-13-10-17(25)20-21(26)18(28)7-9-24(20,3)15(13)6-8-23(14,16)2/h6,12-14,16-17,27H,4-5,7-11H2,1-3H3/t12?,13-,14-,16+,17-,23-,24+/m0/s1. The van der Waals surface area contributed by atoms with Gasteiger partial charge in [-0.25, -0.2) is 13.6 Å². The Balaban J connectivity index is 1.61. The Kier molecular flexibility index (Phi) is 5.48. The van der Waals surface area contributed by atoms with Crippen molar-refractivity contribution in [2.24, 2.45) is 28.6 Å². The fourth-order valence-corrected chi connectivity index (χ4v) is 6.86. The Labute approximate surface area is 180 Å². The molecule has 0 bridgehead atoms. The van der Waals surface area contributed by atoms with Crippen LogP contribution < -0.4 is 0 Å². The van der Waals surface area contributed by atoms with Gasteiger partial charge in [-0.3, -0.25) is 9.59 Å². The molecule has 0 saturated heterocycles. The molecule has 0 aromatic carbocycles. The second-order valence-corrected chi connectivity index (χ2v) is 10.1. The van der Waals surface area contributed by atoms with Crippen molar-refractivity contribution in [3.8, 4) is 0 Å². The van der Waals surface area contributed by atoms with Crippen LogP contribution in [-0.2, 0) is 19.1 Å². The number of fused-ring (bicyclic) bond motifs is 5. The van der Waals surface area contributed by atoms with Gasteiger partial charge in [-0.1, -0.05) is 25.5 Å². The van der Waals surface area contributed by atoms with Gasteiger partial charge in [0, 0.05) is 23.3 Å². The monoisotopic (exact) mass is 436 g/mol. The Morgan fingerprint density at radius 3 is 2.71 bits per heavy atom. The van der Waals surface area contributed by atoms with Crippen LogP contribution in [0.3, 0.4) is 0 Å². The SMILES string of the molecule is CC(O)C(=O)OCC(=O)[C@H]1CC[C@H]2[C@@H]3C[C@H](F)C4=C(F)C(=O)CC[C@]4(C)C3=CC[C@]12C. The number of Topliss-reactive ketones (excluding diaryl/α,β-unsaturated/α-hetero) is 2. The van der Waals surface area contributed by atoms with E-state index < -0.39 is 35.3 Å². The molecule has 2 saturated carbocycles. The summed E-state index contributed by atoms with van der Waals surface area (Å²) in [6.45, 7) is 4.81. The number of esters is 1. The molecule has 5 nitrogen and oxygen atoms in total. The fraction of sp³-hybridized carbons (Fsp3) is 0.708. The highest BCUT2D eigenvalue weighted by atomic mass is 19.1. The molecular weight excluding hydrogens is 406 g/mol. The van der Waals surface area contributed by atoms with Crippen LogP contribution in [0.1, 0.15) is 59.3 Å². The molecule has 0 heterocycles. The zero-order valence-electron chi connectivity index (χ0n) is 18.2. The van der Waals surface area contributed by atoms with Crippen molar-refractivity contribution in [2.45, 2.75) is 71.6 Å². The number of aliphatic hydroxyl groups excluding tert-OH is 1.